The summed E-state index contributed by atoms with van der Waals surface area (Å²) in [6.45, 7) is 5.66. The molecule has 0 atom stereocenters. The molecule has 0 unspecified atom stereocenters. The van der Waals surface area contributed by atoms with Crippen LogP contribution in [0.2, 0.25) is 0 Å². The fourth-order valence-corrected chi connectivity index (χ4v) is 2.22. The molecule has 2 rings (SSSR count). The van der Waals surface area contributed by atoms with Crippen LogP contribution in [0.15, 0.2) is 18.3 Å². The Kier molecular flexibility index (Phi) is 3.29. The lowest BCUT2D eigenvalue weighted by Gasteiger charge is -2.14. The van der Waals surface area contributed by atoms with Crippen molar-refractivity contribution in [3.8, 4) is 11.4 Å². The molecule has 0 saturated carbocycles. The molecule has 0 aliphatic carbocycles. The van der Waals surface area contributed by atoms with E-state index in [0.29, 0.717) is 11.4 Å². The van der Waals surface area contributed by atoms with Gasteiger partial charge in [0.05, 0.1) is 19.0 Å². The first-order valence-electron chi connectivity index (χ1n) is 5.89. The van der Waals surface area contributed by atoms with Gasteiger partial charge in [-0.15, -0.1) is 0 Å². The van der Waals surface area contributed by atoms with Crippen molar-refractivity contribution in [1.82, 2.24) is 9.78 Å². The molecule has 0 bridgehead atoms. The Morgan fingerprint density at radius 2 is 2.00 bits per heavy atom. The van der Waals surface area contributed by atoms with E-state index in [1.54, 1.807) is 18.7 Å². The van der Waals surface area contributed by atoms with Gasteiger partial charge in [-0.2, -0.15) is 5.10 Å². The number of methoxy groups -OCH3 is 1. The van der Waals surface area contributed by atoms with Crippen LogP contribution in [-0.4, -0.2) is 28.0 Å². The number of ether oxygens (including phenoxy) is 1. The third-order valence-corrected chi connectivity index (χ3v) is 3.07. The number of hydrogen-bond donors (Lipinski definition) is 1. The summed E-state index contributed by atoms with van der Waals surface area (Å²) in [6, 6.07) is 3.94. The predicted molar refractivity (Wildman–Crippen MR) is 71.3 cm³/mol. The molecule has 0 aliphatic rings. The first-order chi connectivity index (χ1) is 8.95. The van der Waals surface area contributed by atoms with Crippen molar-refractivity contribution in [2.24, 2.45) is 0 Å². The van der Waals surface area contributed by atoms with Crippen LogP contribution in [0.5, 0.6) is 5.75 Å². The lowest BCUT2D eigenvalue weighted by molar-refractivity contribution is 0.0696. The fraction of sp³-hybridized carbons (Fsp3) is 0.286. The van der Waals surface area contributed by atoms with Gasteiger partial charge in [-0.1, -0.05) is 6.07 Å². The van der Waals surface area contributed by atoms with Gasteiger partial charge in [-0.3, -0.25) is 0 Å². The molecule has 0 aliphatic heterocycles. The number of rotatable bonds is 3. The zero-order valence-corrected chi connectivity index (χ0v) is 11.4. The van der Waals surface area contributed by atoms with E-state index in [1.165, 1.54) is 6.20 Å². The van der Waals surface area contributed by atoms with Crippen LogP contribution >= 0.6 is 0 Å². The predicted octanol–water partition coefficient (Wildman–Crippen LogP) is 2.50. The van der Waals surface area contributed by atoms with Gasteiger partial charge >= 0.3 is 5.97 Å². The molecule has 1 aromatic carbocycles. The Morgan fingerprint density at radius 1 is 1.32 bits per heavy atom. The normalized spacial score (nSPS) is 10.5. The van der Waals surface area contributed by atoms with E-state index in [1.807, 2.05) is 26.0 Å². The van der Waals surface area contributed by atoms with E-state index < -0.39 is 5.97 Å². The third-order valence-electron chi connectivity index (χ3n) is 3.07. The lowest BCUT2D eigenvalue weighted by Crippen LogP contribution is -2.05. The van der Waals surface area contributed by atoms with Crippen LogP contribution in [0.3, 0.4) is 0 Å². The summed E-state index contributed by atoms with van der Waals surface area (Å²) >= 11 is 0. The second-order valence-corrected chi connectivity index (χ2v) is 4.49. The first-order valence-corrected chi connectivity index (χ1v) is 5.89. The molecule has 0 amide bonds. The number of aryl methyl sites for hydroxylation is 2. The number of carbonyl (C=O) groups is 1. The van der Waals surface area contributed by atoms with Crippen LogP contribution in [0, 0.1) is 20.8 Å². The molecule has 19 heavy (non-hydrogen) atoms. The minimum Gasteiger partial charge on any atom is -0.494 e. The SMILES string of the molecule is COc1c(C)cc(C)cc1-n1ncc(C(=O)O)c1C. The maximum Gasteiger partial charge on any atom is 0.339 e. The number of hydrogen-bond acceptors (Lipinski definition) is 3. The molecule has 5 nitrogen and oxygen atoms in total. The zero-order valence-electron chi connectivity index (χ0n) is 11.4. The Hall–Kier alpha value is -2.30. The monoisotopic (exact) mass is 260 g/mol. The van der Waals surface area contributed by atoms with Gasteiger partial charge in [0, 0.05) is 0 Å². The number of aromatic nitrogens is 2. The lowest BCUT2D eigenvalue weighted by atomic mass is 10.1. The Labute approximate surface area is 111 Å². The summed E-state index contributed by atoms with van der Waals surface area (Å²) in [5.74, 6) is -0.277. The Bertz CT molecular complexity index is 644. The summed E-state index contributed by atoms with van der Waals surface area (Å²) in [5, 5.41) is 13.2. The molecule has 100 valence electrons. The summed E-state index contributed by atoms with van der Waals surface area (Å²) in [4.78, 5) is 11.1. The smallest absolute Gasteiger partial charge is 0.339 e. The fourth-order valence-electron chi connectivity index (χ4n) is 2.22. The molecule has 1 N–H and O–H groups in total. The van der Waals surface area contributed by atoms with Crippen LogP contribution in [0.25, 0.3) is 5.69 Å². The largest absolute Gasteiger partial charge is 0.494 e. The highest BCUT2D eigenvalue weighted by atomic mass is 16.5. The number of aromatic carboxylic acids is 1. The third kappa shape index (κ3) is 2.19. The number of benzene rings is 1. The molecular formula is C14H16N2O3. The molecule has 0 fully saturated rings. The van der Waals surface area contributed by atoms with E-state index in [-0.39, 0.29) is 5.56 Å². The van der Waals surface area contributed by atoms with E-state index in [0.717, 1.165) is 16.8 Å². The second kappa shape index (κ2) is 4.76. The summed E-state index contributed by atoms with van der Waals surface area (Å²) < 4.78 is 7.00. The Morgan fingerprint density at radius 3 is 2.53 bits per heavy atom. The summed E-state index contributed by atoms with van der Waals surface area (Å²) in [5.41, 5.74) is 3.59. The maximum atomic E-state index is 11.1. The number of carboxylic acids is 1. The Balaban J connectivity index is 2.68. The van der Waals surface area contributed by atoms with Gasteiger partial charge in [-0.25, -0.2) is 9.48 Å². The topological polar surface area (TPSA) is 64.4 Å². The molecule has 1 aromatic heterocycles. The molecule has 0 saturated heterocycles. The maximum absolute atomic E-state index is 11.1. The molecule has 1 heterocycles. The highest BCUT2D eigenvalue weighted by Gasteiger charge is 2.17. The first kappa shape index (κ1) is 13.1. The molecule has 2 aromatic rings. The van der Waals surface area contributed by atoms with E-state index in [9.17, 15) is 4.79 Å². The van der Waals surface area contributed by atoms with Crippen molar-refractivity contribution >= 4 is 5.97 Å². The van der Waals surface area contributed by atoms with E-state index >= 15 is 0 Å². The van der Waals surface area contributed by atoms with Gasteiger partial charge in [-0.05, 0) is 38.0 Å². The quantitative estimate of drug-likeness (QED) is 0.920. The van der Waals surface area contributed by atoms with E-state index in [2.05, 4.69) is 5.10 Å². The molecule has 0 spiro atoms. The van der Waals surface area contributed by atoms with Crippen molar-refractivity contribution in [3.05, 3.63) is 40.7 Å². The van der Waals surface area contributed by atoms with Gasteiger partial charge in [0.1, 0.15) is 17.0 Å². The second-order valence-electron chi connectivity index (χ2n) is 4.49. The average Bonchev–Trinajstić information content (AvgIpc) is 2.70. The van der Waals surface area contributed by atoms with Crippen molar-refractivity contribution < 1.29 is 14.6 Å². The van der Waals surface area contributed by atoms with Crippen LogP contribution in [0.1, 0.15) is 27.2 Å². The van der Waals surface area contributed by atoms with Gasteiger partial charge in [0.25, 0.3) is 0 Å². The standard InChI is InChI=1S/C14H16N2O3/c1-8-5-9(2)13(19-4)12(6-8)16-10(3)11(7-15-16)14(17)18/h5-7H,1-4H3,(H,17,18). The highest BCUT2D eigenvalue weighted by molar-refractivity contribution is 5.88. The summed E-state index contributed by atoms with van der Waals surface area (Å²) in [7, 11) is 1.60. The number of carboxylic acid groups (broad SMARTS) is 1. The average molecular weight is 260 g/mol. The molecular weight excluding hydrogens is 244 g/mol. The van der Waals surface area contributed by atoms with Crippen LogP contribution in [-0.2, 0) is 0 Å². The van der Waals surface area contributed by atoms with Crippen molar-refractivity contribution in [2.45, 2.75) is 20.8 Å². The van der Waals surface area contributed by atoms with Crippen LogP contribution < -0.4 is 4.74 Å². The minimum absolute atomic E-state index is 0.196. The van der Waals surface area contributed by atoms with Gasteiger partial charge < -0.3 is 9.84 Å². The van der Waals surface area contributed by atoms with Crippen molar-refractivity contribution in [1.29, 1.82) is 0 Å². The number of nitrogens with zero attached hydrogens (tertiary/aromatic N) is 2. The molecule has 0 radical (unpaired) electrons. The minimum atomic E-state index is -0.980. The van der Waals surface area contributed by atoms with Crippen molar-refractivity contribution in [3.63, 3.8) is 0 Å². The van der Waals surface area contributed by atoms with Gasteiger partial charge in [0.15, 0.2) is 0 Å². The van der Waals surface area contributed by atoms with Crippen molar-refractivity contribution in [2.75, 3.05) is 7.11 Å². The summed E-state index contributed by atoms with van der Waals surface area (Å²) in [6.07, 6.45) is 1.36. The molecule has 5 heteroatoms. The van der Waals surface area contributed by atoms with Gasteiger partial charge in [0.2, 0.25) is 0 Å². The highest BCUT2D eigenvalue weighted by Crippen LogP contribution is 2.29. The van der Waals surface area contributed by atoms with Crippen LogP contribution in [0.4, 0.5) is 0 Å². The van der Waals surface area contributed by atoms with E-state index in [4.69, 9.17) is 9.84 Å². The zero-order chi connectivity index (χ0) is 14.2.